The monoisotopic (exact) mass is 221 g/mol. The van der Waals surface area contributed by atoms with Gasteiger partial charge in [-0.05, 0) is 56.4 Å². The first-order chi connectivity index (χ1) is 7.79. The average molecular weight is 221 g/mol. The zero-order valence-electron chi connectivity index (χ0n) is 11.0. The zero-order chi connectivity index (χ0) is 11.1. The van der Waals surface area contributed by atoms with Crippen LogP contribution < -0.4 is 0 Å². The molecule has 2 aliphatic carbocycles. The van der Waals surface area contributed by atoms with Gasteiger partial charge in [-0.2, -0.15) is 0 Å². The second kappa shape index (κ2) is 4.33. The molecule has 1 nitrogen and oxygen atoms in total. The fourth-order valence-corrected chi connectivity index (χ4v) is 5.19. The highest BCUT2D eigenvalue weighted by Crippen LogP contribution is 2.50. The van der Waals surface area contributed by atoms with E-state index in [4.69, 9.17) is 0 Å². The van der Waals surface area contributed by atoms with Crippen molar-refractivity contribution in [3.05, 3.63) is 0 Å². The summed E-state index contributed by atoms with van der Waals surface area (Å²) in [6.07, 6.45) is 10.6. The summed E-state index contributed by atoms with van der Waals surface area (Å²) in [5.41, 5.74) is 0. The van der Waals surface area contributed by atoms with Gasteiger partial charge in [0, 0.05) is 12.6 Å². The molecule has 16 heavy (non-hydrogen) atoms. The van der Waals surface area contributed by atoms with Crippen molar-refractivity contribution in [3.8, 4) is 0 Å². The van der Waals surface area contributed by atoms with E-state index in [1.807, 2.05) is 0 Å². The van der Waals surface area contributed by atoms with Crippen LogP contribution in [-0.4, -0.2) is 24.5 Å². The summed E-state index contributed by atoms with van der Waals surface area (Å²) in [4.78, 5) is 2.72. The van der Waals surface area contributed by atoms with Gasteiger partial charge in [0.2, 0.25) is 0 Å². The molecule has 0 aromatic carbocycles. The summed E-state index contributed by atoms with van der Waals surface area (Å²) in [5.74, 6) is 4.25. The Bertz CT molecular complexity index is 250. The van der Waals surface area contributed by atoms with E-state index in [0.29, 0.717) is 0 Å². The lowest BCUT2D eigenvalue weighted by molar-refractivity contribution is 0.0947. The maximum atomic E-state index is 2.72. The molecule has 1 aliphatic heterocycles. The van der Waals surface area contributed by atoms with Gasteiger partial charge in [0.05, 0.1) is 0 Å². The molecule has 1 saturated heterocycles. The van der Waals surface area contributed by atoms with E-state index >= 15 is 0 Å². The summed E-state index contributed by atoms with van der Waals surface area (Å²) in [5, 5.41) is 0. The quantitative estimate of drug-likeness (QED) is 0.689. The number of hydrogen-bond donors (Lipinski definition) is 0. The number of likely N-dealkylation sites (tertiary alicyclic amines) is 1. The van der Waals surface area contributed by atoms with Crippen LogP contribution in [0.5, 0.6) is 0 Å². The van der Waals surface area contributed by atoms with Crippen LogP contribution in [0.25, 0.3) is 0 Å². The summed E-state index contributed by atoms with van der Waals surface area (Å²) in [6.45, 7) is 3.77. The first-order valence-electron chi connectivity index (χ1n) is 7.49. The SMILES string of the molecule is CCCC1CC2CCCC3CN(C)C1C3C2. The fraction of sp³-hybridized carbons (Fsp3) is 1.00. The van der Waals surface area contributed by atoms with E-state index < -0.39 is 0 Å². The largest absolute Gasteiger partial charge is 0.303 e. The Balaban J connectivity index is 1.83. The third-order valence-corrected chi connectivity index (χ3v) is 5.65. The van der Waals surface area contributed by atoms with E-state index in [2.05, 4.69) is 18.9 Å². The van der Waals surface area contributed by atoms with Crippen LogP contribution in [0.15, 0.2) is 0 Å². The molecule has 1 heteroatoms. The third kappa shape index (κ3) is 1.72. The van der Waals surface area contributed by atoms with Gasteiger partial charge in [-0.15, -0.1) is 0 Å². The number of rotatable bonds is 2. The Morgan fingerprint density at radius 2 is 2.06 bits per heavy atom. The normalized spacial score (nSPS) is 48.0. The van der Waals surface area contributed by atoms with Crippen molar-refractivity contribution in [1.82, 2.24) is 4.90 Å². The first kappa shape index (κ1) is 11.1. The van der Waals surface area contributed by atoms with Gasteiger partial charge < -0.3 is 4.90 Å². The molecule has 3 fully saturated rings. The molecule has 2 saturated carbocycles. The average Bonchev–Trinajstić information content (AvgIpc) is 2.48. The molecular weight excluding hydrogens is 194 g/mol. The van der Waals surface area contributed by atoms with Crippen molar-refractivity contribution in [1.29, 1.82) is 0 Å². The Morgan fingerprint density at radius 1 is 1.19 bits per heavy atom. The topological polar surface area (TPSA) is 3.24 Å². The zero-order valence-corrected chi connectivity index (χ0v) is 11.0. The van der Waals surface area contributed by atoms with Gasteiger partial charge in [0.1, 0.15) is 0 Å². The molecule has 0 amide bonds. The molecule has 92 valence electrons. The van der Waals surface area contributed by atoms with Gasteiger partial charge >= 0.3 is 0 Å². The Kier molecular flexibility index (Phi) is 2.99. The highest BCUT2D eigenvalue weighted by molar-refractivity contribution is 5.01. The molecule has 0 aromatic heterocycles. The van der Waals surface area contributed by atoms with E-state index in [1.54, 1.807) is 19.3 Å². The van der Waals surface area contributed by atoms with Crippen LogP contribution in [-0.2, 0) is 0 Å². The summed E-state index contributed by atoms with van der Waals surface area (Å²) >= 11 is 0. The van der Waals surface area contributed by atoms with Gasteiger partial charge in [-0.25, -0.2) is 0 Å². The lowest BCUT2D eigenvalue weighted by Crippen LogP contribution is -2.41. The second-order valence-corrected chi connectivity index (χ2v) is 6.67. The van der Waals surface area contributed by atoms with Crippen LogP contribution >= 0.6 is 0 Å². The minimum absolute atomic E-state index is 0.958. The van der Waals surface area contributed by atoms with Crippen LogP contribution in [0.1, 0.15) is 51.9 Å². The van der Waals surface area contributed by atoms with Crippen LogP contribution in [0.4, 0.5) is 0 Å². The fourth-order valence-electron chi connectivity index (χ4n) is 5.19. The van der Waals surface area contributed by atoms with Crippen molar-refractivity contribution >= 4 is 0 Å². The molecular formula is C15H27N. The van der Waals surface area contributed by atoms with Gasteiger partial charge in [-0.3, -0.25) is 0 Å². The predicted octanol–water partition coefficient (Wildman–Crippen LogP) is 3.54. The molecule has 0 spiro atoms. The number of hydrogen-bond acceptors (Lipinski definition) is 1. The van der Waals surface area contributed by atoms with Gasteiger partial charge in [0.25, 0.3) is 0 Å². The Morgan fingerprint density at radius 3 is 2.88 bits per heavy atom. The van der Waals surface area contributed by atoms with Crippen LogP contribution in [0.3, 0.4) is 0 Å². The smallest absolute Gasteiger partial charge is 0.0152 e. The van der Waals surface area contributed by atoms with Crippen molar-refractivity contribution < 1.29 is 0 Å². The number of nitrogens with zero attached hydrogens (tertiary/aromatic N) is 1. The maximum Gasteiger partial charge on any atom is 0.0152 e. The summed E-state index contributed by atoms with van der Waals surface area (Å²) in [7, 11) is 2.39. The predicted molar refractivity (Wildman–Crippen MR) is 68.4 cm³/mol. The lowest BCUT2D eigenvalue weighted by atomic mass is 9.69. The summed E-state index contributed by atoms with van der Waals surface area (Å²) < 4.78 is 0. The Hall–Kier alpha value is -0.0400. The number of fused-ring (bicyclic) bond motifs is 1. The van der Waals surface area contributed by atoms with Crippen molar-refractivity contribution in [2.45, 2.75) is 57.9 Å². The lowest BCUT2D eigenvalue weighted by Gasteiger charge is -2.41. The van der Waals surface area contributed by atoms with Crippen molar-refractivity contribution in [2.24, 2.45) is 23.7 Å². The molecule has 3 rings (SSSR count). The molecule has 5 atom stereocenters. The highest BCUT2D eigenvalue weighted by Gasteiger charge is 2.48. The molecule has 0 radical (unpaired) electrons. The second-order valence-electron chi connectivity index (χ2n) is 6.67. The third-order valence-electron chi connectivity index (χ3n) is 5.65. The van der Waals surface area contributed by atoms with Crippen LogP contribution in [0, 0.1) is 23.7 Å². The van der Waals surface area contributed by atoms with E-state index in [9.17, 15) is 0 Å². The molecule has 2 bridgehead atoms. The summed E-state index contributed by atoms with van der Waals surface area (Å²) in [6, 6.07) is 0.958. The van der Waals surface area contributed by atoms with E-state index in [-0.39, 0.29) is 0 Å². The molecule has 5 unspecified atom stereocenters. The molecule has 1 heterocycles. The van der Waals surface area contributed by atoms with Crippen molar-refractivity contribution in [3.63, 3.8) is 0 Å². The van der Waals surface area contributed by atoms with Crippen molar-refractivity contribution in [2.75, 3.05) is 13.6 Å². The maximum absolute atomic E-state index is 2.72. The minimum Gasteiger partial charge on any atom is -0.303 e. The highest BCUT2D eigenvalue weighted by atomic mass is 15.2. The van der Waals surface area contributed by atoms with Crippen LogP contribution in [0.2, 0.25) is 0 Å². The molecule has 0 N–H and O–H groups in total. The standard InChI is InChI=1S/C15H27N/c1-3-5-12-8-11-6-4-7-13-10-16(2)15(12)14(13)9-11/h11-15H,3-10H2,1-2H3. The minimum atomic E-state index is 0.958. The molecule has 3 aliphatic rings. The van der Waals surface area contributed by atoms with E-state index in [0.717, 1.165) is 29.7 Å². The Labute approximate surface area is 101 Å². The molecule has 0 aromatic rings. The van der Waals surface area contributed by atoms with E-state index in [1.165, 1.54) is 32.2 Å². The van der Waals surface area contributed by atoms with Gasteiger partial charge in [-0.1, -0.05) is 26.2 Å². The first-order valence-corrected chi connectivity index (χ1v) is 7.49. The van der Waals surface area contributed by atoms with Gasteiger partial charge in [0.15, 0.2) is 0 Å².